The van der Waals surface area contributed by atoms with Crippen LogP contribution in [0.25, 0.3) is 5.82 Å². The van der Waals surface area contributed by atoms with Gasteiger partial charge in [0.25, 0.3) is 0 Å². The van der Waals surface area contributed by atoms with Gasteiger partial charge in [0.15, 0.2) is 5.82 Å². The van der Waals surface area contributed by atoms with E-state index in [9.17, 15) is 0 Å². The van der Waals surface area contributed by atoms with Crippen LogP contribution in [0.4, 0.5) is 0 Å². The Bertz CT molecular complexity index is 419. The van der Waals surface area contributed by atoms with E-state index in [1.165, 1.54) is 0 Å². The molecule has 0 bridgehead atoms. The highest BCUT2D eigenvalue weighted by atomic mass is 35.5. The first-order valence-corrected chi connectivity index (χ1v) is 4.80. The van der Waals surface area contributed by atoms with Crippen molar-refractivity contribution >= 4 is 11.6 Å². The van der Waals surface area contributed by atoms with Gasteiger partial charge in [-0.2, -0.15) is 5.10 Å². The molecule has 2 heterocycles. The van der Waals surface area contributed by atoms with Crippen LogP contribution in [0.1, 0.15) is 5.69 Å². The lowest BCUT2D eigenvalue weighted by Crippen LogP contribution is -1.97. The Morgan fingerprint density at radius 1 is 1.50 bits per heavy atom. The molecule has 0 amide bonds. The number of hydrogen-bond acceptors (Lipinski definition) is 3. The van der Waals surface area contributed by atoms with Gasteiger partial charge in [-0.1, -0.05) is 5.21 Å². The van der Waals surface area contributed by atoms with Gasteiger partial charge >= 0.3 is 0 Å². The van der Waals surface area contributed by atoms with Gasteiger partial charge in [0.2, 0.25) is 0 Å². The zero-order valence-electron chi connectivity index (χ0n) is 7.76. The number of halogens is 1. The van der Waals surface area contributed by atoms with Gasteiger partial charge in [-0.05, 0) is 0 Å². The first kappa shape index (κ1) is 9.21. The molecule has 0 unspecified atom stereocenters. The molecular weight excluding hydrogens is 202 g/mol. The van der Waals surface area contributed by atoms with Crippen molar-refractivity contribution in [1.82, 2.24) is 24.8 Å². The number of aromatic nitrogens is 5. The Morgan fingerprint density at radius 3 is 3.00 bits per heavy atom. The minimum absolute atomic E-state index is 0.556. The van der Waals surface area contributed by atoms with Crippen LogP contribution in [0.15, 0.2) is 18.5 Å². The van der Waals surface area contributed by atoms with Crippen molar-refractivity contribution in [2.75, 3.05) is 5.88 Å². The van der Waals surface area contributed by atoms with Gasteiger partial charge in [-0.25, -0.2) is 4.68 Å². The number of aryl methyl sites for hydroxylation is 2. The highest BCUT2D eigenvalue weighted by Crippen LogP contribution is 2.03. The Kier molecular flexibility index (Phi) is 2.49. The van der Waals surface area contributed by atoms with E-state index in [1.807, 2.05) is 25.5 Å². The molecule has 6 heteroatoms. The number of rotatable bonds is 3. The molecule has 0 aromatic carbocycles. The van der Waals surface area contributed by atoms with Gasteiger partial charge in [0.1, 0.15) is 0 Å². The van der Waals surface area contributed by atoms with E-state index in [0.29, 0.717) is 5.88 Å². The van der Waals surface area contributed by atoms with Crippen LogP contribution in [0, 0.1) is 0 Å². The van der Waals surface area contributed by atoms with E-state index in [2.05, 4.69) is 15.4 Å². The molecule has 0 atom stereocenters. The molecule has 0 aliphatic carbocycles. The molecule has 0 fully saturated rings. The van der Waals surface area contributed by atoms with Crippen LogP contribution in [0.5, 0.6) is 0 Å². The van der Waals surface area contributed by atoms with E-state index in [0.717, 1.165) is 17.9 Å². The lowest BCUT2D eigenvalue weighted by molar-refractivity contribution is 0.714. The number of alkyl halides is 1. The molecule has 0 saturated carbocycles. The van der Waals surface area contributed by atoms with Crippen LogP contribution in [-0.4, -0.2) is 30.7 Å². The van der Waals surface area contributed by atoms with Crippen LogP contribution < -0.4 is 0 Å². The summed E-state index contributed by atoms with van der Waals surface area (Å²) in [6.45, 7) is 0. The zero-order chi connectivity index (χ0) is 9.97. The smallest absolute Gasteiger partial charge is 0.176 e. The van der Waals surface area contributed by atoms with Crippen LogP contribution >= 0.6 is 11.6 Å². The molecule has 14 heavy (non-hydrogen) atoms. The molecular formula is C8H10ClN5. The standard InChI is InChI=1S/C8H10ClN5/c1-13-5-3-8(11-13)14-6-7(2-4-9)10-12-14/h3,5-6H,2,4H2,1H3. The number of hydrogen-bond donors (Lipinski definition) is 0. The third-order valence-corrected chi connectivity index (χ3v) is 2.01. The third kappa shape index (κ3) is 1.77. The largest absolute Gasteiger partial charge is 0.274 e. The summed E-state index contributed by atoms with van der Waals surface area (Å²) in [5.74, 6) is 1.32. The fourth-order valence-electron chi connectivity index (χ4n) is 1.15. The van der Waals surface area contributed by atoms with E-state index in [4.69, 9.17) is 11.6 Å². The van der Waals surface area contributed by atoms with E-state index in [-0.39, 0.29) is 0 Å². The fourth-order valence-corrected chi connectivity index (χ4v) is 1.34. The minimum atomic E-state index is 0.556. The van der Waals surface area contributed by atoms with E-state index in [1.54, 1.807) is 9.36 Å². The summed E-state index contributed by atoms with van der Waals surface area (Å²) < 4.78 is 3.36. The Labute approximate surface area is 86.3 Å². The van der Waals surface area contributed by atoms with Crippen molar-refractivity contribution < 1.29 is 0 Å². The maximum atomic E-state index is 5.60. The molecule has 0 spiro atoms. The van der Waals surface area contributed by atoms with E-state index < -0.39 is 0 Å². The molecule has 0 aliphatic rings. The lowest BCUT2D eigenvalue weighted by atomic mass is 10.4. The molecule has 2 rings (SSSR count). The molecule has 2 aromatic rings. The average molecular weight is 212 g/mol. The fraction of sp³-hybridized carbons (Fsp3) is 0.375. The second-order valence-corrected chi connectivity index (χ2v) is 3.32. The summed E-state index contributed by atoms with van der Waals surface area (Å²) in [7, 11) is 1.86. The summed E-state index contributed by atoms with van der Waals surface area (Å²) >= 11 is 5.60. The maximum absolute atomic E-state index is 5.60. The summed E-state index contributed by atoms with van der Waals surface area (Å²) in [5, 5.41) is 12.1. The monoisotopic (exact) mass is 211 g/mol. The average Bonchev–Trinajstić information content (AvgIpc) is 2.74. The Morgan fingerprint density at radius 2 is 2.36 bits per heavy atom. The predicted octanol–water partition coefficient (Wildman–Crippen LogP) is 0.782. The summed E-state index contributed by atoms with van der Waals surface area (Å²) in [5.41, 5.74) is 0.880. The molecule has 2 aromatic heterocycles. The van der Waals surface area contributed by atoms with Gasteiger partial charge in [0.05, 0.1) is 11.9 Å². The Hall–Kier alpha value is -1.36. The van der Waals surface area contributed by atoms with Crippen LogP contribution in [-0.2, 0) is 13.5 Å². The quantitative estimate of drug-likeness (QED) is 0.705. The second kappa shape index (κ2) is 3.79. The second-order valence-electron chi connectivity index (χ2n) is 2.94. The van der Waals surface area contributed by atoms with Crippen molar-refractivity contribution in [1.29, 1.82) is 0 Å². The lowest BCUT2D eigenvalue weighted by Gasteiger charge is -1.91. The van der Waals surface area contributed by atoms with E-state index >= 15 is 0 Å². The molecule has 5 nitrogen and oxygen atoms in total. The van der Waals surface area contributed by atoms with Crippen LogP contribution in [0.3, 0.4) is 0 Å². The van der Waals surface area contributed by atoms with Gasteiger partial charge in [-0.3, -0.25) is 4.68 Å². The molecule has 0 radical (unpaired) electrons. The van der Waals surface area contributed by atoms with Crippen molar-refractivity contribution in [3.8, 4) is 5.82 Å². The van der Waals surface area contributed by atoms with Crippen molar-refractivity contribution in [2.45, 2.75) is 6.42 Å². The third-order valence-electron chi connectivity index (χ3n) is 1.83. The van der Waals surface area contributed by atoms with Crippen molar-refractivity contribution in [3.63, 3.8) is 0 Å². The van der Waals surface area contributed by atoms with Gasteiger partial charge < -0.3 is 0 Å². The molecule has 74 valence electrons. The summed E-state index contributed by atoms with van der Waals surface area (Å²) in [4.78, 5) is 0. The normalized spacial score (nSPS) is 10.7. The van der Waals surface area contributed by atoms with Gasteiger partial charge in [0, 0.05) is 31.6 Å². The molecule has 0 aliphatic heterocycles. The maximum Gasteiger partial charge on any atom is 0.176 e. The Balaban J connectivity index is 2.24. The first-order chi connectivity index (χ1) is 6.79. The summed E-state index contributed by atoms with van der Waals surface area (Å²) in [6, 6.07) is 1.87. The molecule has 0 N–H and O–H groups in total. The highest BCUT2D eigenvalue weighted by molar-refractivity contribution is 6.17. The van der Waals surface area contributed by atoms with Crippen LogP contribution in [0.2, 0.25) is 0 Å². The number of nitrogens with zero attached hydrogens (tertiary/aromatic N) is 5. The zero-order valence-corrected chi connectivity index (χ0v) is 8.52. The SMILES string of the molecule is Cn1ccc(-n2cc(CCCl)nn2)n1. The van der Waals surface area contributed by atoms with Crippen molar-refractivity contribution in [2.24, 2.45) is 7.05 Å². The first-order valence-electron chi connectivity index (χ1n) is 4.27. The highest BCUT2D eigenvalue weighted by Gasteiger charge is 2.03. The summed E-state index contributed by atoms with van der Waals surface area (Å²) in [6.07, 6.45) is 4.43. The predicted molar refractivity (Wildman–Crippen MR) is 52.5 cm³/mol. The minimum Gasteiger partial charge on any atom is -0.274 e. The van der Waals surface area contributed by atoms with Crippen molar-refractivity contribution in [3.05, 3.63) is 24.2 Å². The molecule has 0 saturated heterocycles. The topological polar surface area (TPSA) is 48.5 Å². The van der Waals surface area contributed by atoms with Gasteiger partial charge in [-0.15, -0.1) is 16.7 Å².